The summed E-state index contributed by atoms with van der Waals surface area (Å²) in [6.07, 6.45) is 1.83. The quantitative estimate of drug-likeness (QED) is 0.321. The molecule has 158 valence electrons. The van der Waals surface area contributed by atoms with Crippen molar-refractivity contribution < 1.29 is 19.0 Å². The highest BCUT2D eigenvalue weighted by Gasteiger charge is 2.08. The Morgan fingerprint density at radius 3 is 2.79 bits per heavy atom. The van der Waals surface area contributed by atoms with Gasteiger partial charge in [-0.1, -0.05) is 0 Å². The fourth-order valence-corrected chi connectivity index (χ4v) is 2.95. The molecular formula is C20H28N4O4S. The lowest BCUT2D eigenvalue weighted by Gasteiger charge is -2.14. The van der Waals surface area contributed by atoms with E-state index in [0.29, 0.717) is 42.1 Å². The van der Waals surface area contributed by atoms with Gasteiger partial charge in [-0.2, -0.15) is 5.10 Å². The van der Waals surface area contributed by atoms with Crippen LogP contribution in [0.3, 0.4) is 0 Å². The zero-order valence-electron chi connectivity index (χ0n) is 17.3. The number of nitrogens with zero attached hydrogens (tertiary/aromatic N) is 3. The minimum Gasteiger partial charge on any atom is -0.490 e. The van der Waals surface area contributed by atoms with Gasteiger partial charge in [0.1, 0.15) is 6.61 Å². The summed E-state index contributed by atoms with van der Waals surface area (Å²) in [7, 11) is 4.00. The Morgan fingerprint density at radius 2 is 2.07 bits per heavy atom. The molecule has 0 aliphatic carbocycles. The summed E-state index contributed by atoms with van der Waals surface area (Å²) < 4.78 is 16.4. The van der Waals surface area contributed by atoms with Crippen LogP contribution in [0.4, 0.5) is 5.13 Å². The second-order valence-corrected chi connectivity index (χ2v) is 7.14. The van der Waals surface area contributed by atoms with Crippen molar-refractivity contribution >= 4 is 28.7 Å². The normalized spacial score (nSPS) is 11.1. The highest BCUT2D eigenvalue weighted by atomic mass is 32.1. The van der Waals surface area contributed by atoms with Gasteiger partial charge in [0.05, 0.1) is 31.5 Å². The van der Waals surface area contributed by atoms with Gasteiger partial charge in [-0.15, -0.1) is 11.3 Å². The minimum atomic E-state index is -0.288. The lowest BCUT2D eigenvalue weighted by Crippen LogP contribution is -2.19. The van der Waals surface area contributed by atoms with E-state index in [9.17, 15) is 4.79 Å². The third-order valence-electron chi connectivity index (χ3n) is 3.62. The molecule has 1 heterocycles. The molecule has 1 aromatic heterocycles. The van der Waals surface area contributed by atoms with Gasteiger partial charge in [0.2, 0.25) is 5.13 Å². The molecule has 0 unspecified atom stereocenters. The van der Waals surface area contributed by atoms with E-state index < -0.39 is 0 Å². The van der Waals surface area contributed by atoms with Crippen molar-refractivity contribution in [2.24, 2.45) is 5.10 Å². The number of benzene rings is 1. The van der Waals surface area contributed by atoms with Crippen LogP contribution in [0.1, 0.15) is 25.1 Å². The molecule has 0 saturated heterocycles. The first kappa shape index (κ1) is 22.6. The molecule has 0 bridgehead atoms. The number of hydrazone groups is 1. The maximum absolute atomic E-state index is 11.5. The number of carbonyl (C=O) groups excluding carboxylic acids is 1. The van der Waals surface area contributed by atoms with E-state index >= 15 is 0 Å². The number of thiazole rings is 1. The highest BCUT2D eigenvalue weighted by Crippen LogP contribution is 2.28. The Hall–Kier alpha value is -2.65. The molecule has 29 heavy (non-hydrogen) atoms. The summed E-state index contributed by atoms with van der Waals surface area (Å²) in [6.45, 7) is 6.03. The number of nitrogens with one attached hydrogen (secondary N) is 1. The number of esters is 1. The van der Waals surface area contributed by atoms with Crippen LogP contribution in [0.25, 0.3) is 0 Å². The van der Waals surface area contributed by atoms with E-state index in [1.54, 1.807) is 13.1 Å². The molecule has 0 aliphatic rings. The van der Waals surface area contributed by atoms with E-state index in [-0.39, 0.29) is 12.4 Å². The van der Waals surface area contributed by atoms with Crippen molar-refractivity contribution in [3.63, 3.8) is 0 Å². The number of ether oxygens (including phenoxy) is 3. The Balaban J connectivity index is 1.95. The van der Waals surface area contributed by atoms with E-state index in [2.05, 4.69) is 20.4 Å². The first-order chi connectivity index (χ1) is 14.0. The zero-order valence-corrected chi connectivity index (χ0v) is 18.1. The molecule has 0 radical (unpaired) electrons. The third kappa shape index (κ3) is 8.08. The summed E-state index contributed by atoms with van der Waals surface area (Å²) in [5.74, 6) is 1.10. The first-order valence-corrected chi connectivity index (χ1v) is 10.3. The lowest BCUT2D eigenvalue weighted by atomic mass is 10.2. The molecule has 0 saturated carbocycles. The van der Waals surface area contributed by atoms with Crippen molar-refractivity contribution in [2.75, 3.05) is 45.9 Å². The summed E-state index contributed by atoms with van der Waals surface area (Å²) in [5, 5.41) is 6.62. The molecule has 8 nitrogen and oxygen atoms in total. The van der Waals surface area contributed by atoms with Crippen LogP contribution in [-0.2, 0) is 16.0 Å². The SMILES string of the molecule is CCOC(=O)Cc1csc(NN=Cc2ccc(OCCN(C)C)c(OCC)c2)n1. The molecule has 0 fully saturated rings. The van der Waals surface area contributed by atoms with Crippen LogP contribution >= 0.6 is 11.3 Å². The van der Waals surface area contributed by atoms with Gasteiger partial charge in [0, 0.05) is 11.9 Å². The van der Waals surface area contributed by atoms with Gasteiger partial charge < -0.3 is 19.1 Å². The maximum Gasteiger partial charge on any atom is 0.311 e. The smallest absolute Gasteiger partial charge is 0.311 e. The Morgan fingerprint density at radius 1 is 1.24 bits per heavy atom. The molecule has 0 amide bonds. The summed E-state index contributed by atoms with van der Waals surface area (Å²) in [5.41, 5.74) is 4.40. The average molecular weight is 421 g/mol. The molecule has 2 rings (SSSR count). The largest absolute Gasteiger partial charge is 0.490 e. The van der Waals surface area contributed by atoms with Crippen molar-refractivity contribution in [1.29, 1.82) is 0 Å². The molecule has 9 heteroatoms. The van der Waals surface area contributed by atoms with Gasteiger partial charge in [0.25, 0.3) is 0 Å². The predicted octanol–water partition coefficient (Wildman–Crippen LogP) is 3.03. The topological polar surface area (TPSA) is 85.3 Å². The monoisotopic (exact) mass is 420 g/mol. The average Bonchev–Trinajstić information content (AvgIpc) is 3.10. The van der Waals surface area contributed by atoms with Crippen molar-refractivity contribution in [1.82, 2.24) is 9.88 Å². The fraction of sp³-hybridized carbons (Fsp3) is 0.450. The molecule has 0 atom stereocenters. The summed E-state index contributed by atoms with van der Waals surface area (Å²) in [6, 6.07) is 5.67. The highest BCUT2D eigenvalue weighted by molar-refractivity contribution is 7.13. The van der Waals surface area contributed by atoms with E-state index in [0.717, 1.165) is 12.1 Å². The van der Waals surface area contributed by atoms with Crippen molar-refractivity contribution in [2.45, 2.75) is 20.3 Å². The molecule has 1 aromatic carbocycles. The van der Waals surface area contributed by atoms with E-state index in [4.69, 9.17) is 14.2 Å². The fourth-order valence-electron chi connectivity index (χ4n) is 2.29. The lowest BCUT2D eigenvalue weighted by molar-refractivity contribution is -0.142. The standard InChI is InChI=1S/C20H28N4O4S/c1-5-26-18-11-15(7-8-17(18)28-10-9-24(3)4)13-21-23-20-22-16(14-29-20)12-19(25)27-6-2/h7-8,11,13-14H,5-6,9-10,12H2,1-4H3,(H,22,23). The number of anilines is 1. The first-order valence-electron chi connectivity index (χ1n) is 9.45. The second-order valence-electron chi connectivity index (χ2n) is 6.29. The number of hydrogen-bond acceptors (Lipinski definition) is 9. The second kappa shape index (κ2) is 12.0. The molecule has 0 spiro atoms. The predicted molar refractivity (Wildman–Crippen MR) is 115 cm³/mol. The van der Waals surface area contributed by atoms with E-state index in [1.807, 2.05) is 44.6 Å². The molecule has 0 aliphatic heterocycles. The Labute approximate surface area is 175 Å². The van der Waals surface area contributed by atoms with Gasteiger partial charge >= 0.3 is 5.97 Å². The van der Waals surface area contributed by atoms with Crippen LogP contribution < -0.4 is 14.9 Å². The number of aromatic nitrogens is 1. The van der Waals surface area contributed by atoms with Gasteiger partial charge in [-0.25, -0.2) is 4.98 Å². The van der Waals surface area contributed by atoms with Crippen LogP contribution in [-0.4, -0.2) is 62.5 Å². The molecular weight excluding hydrogens is 392 g/mol. The number of rotatable bonds is 12. The molecule has 2 aromatic rings. The molecule has 1 N–H and O–H groups in total. The van der Waals surface area contributed by atoms with Crippen molar-refractivity contribution in [3.8, 4) is 11.5 Å². The van der Waals surface area contributed by atoms with Crippen LogP contribution in [0.2, 0.25) is 0 Å². The van der Waals surface area contributed by atoms with Crippen LogP contribution in [0.15, 0.2) is 28.7 Å². The van der Waals surface area contributed by atoms with Crippen LogP contribution in [0, 0.1) is 0 Å². The number of likely N-dealkylation sites (N-methyl/N-ethyl adjacent to an activating group) is 1. The third-order valence-corrected chi connectivity index (χ3v) is 4.42. The van der Waals surface area contributed by atoms with Gasteiger partial charge in [0.15, 0.2) is 11.5 Å². The maximum atomic E-state index is 11.5. The minimum absolute atomic E-state index is 0.155. The number of hydrogen-bond donors (Lipinski definition) is 1. The van der Waals surface area contributed by atoms with Gasteiger partial charge in [-0.05, 0) is 51.7 Å². The van der Waals surface area contributed by atoms with Crippen molar-refractivity contribution in [3.05, 3.63) is 34.8 Å². The number of carbonyl (C=O) groups is 1. The van der Waals surface area contributed by atoms with Gasteiger partial charge in [-0.3, -0.25) is 10.2 Å². The zero-order chi connectivity index (χ0) is 21.1. The summed E-state index contributed by atoms with van der Waals surface area (Å²) in [4.78, 5) is 17.9. The van der Waals surface area contributed by atoms with Crippen LogP contribution in [0.5, 0.6) is 11.5 Å². The Kier molecular flexibility index (Phi) is 9.39. The Bertz CT molecular complexity index is 808. The summed E-state index contributed by atoms with van der Waals surface area (Å²) >= 11 is 1.38. The van der Waals surface area contributed by atoms with E-state index in [1.165, 1.54) is 11.3 Å².